The van der Waals surface area contributed by atoms with Gasteiger partial charge in [0.1, 0.15) is 0 Å². The molecule has 1 amide bonds. The first kappa shape index (κ1) is 20.2. The van der Waals surface area contributed by atoms with E-state index in [9.17, 15) is 13.2 Å². The summed E-state index contributed by atoms with van der Waals surface area (Å²) >= 11 is 5.87. The largest absolute Gasteiger partial charge is 0.338 e. The molecule has 1 N–H and O–H groups in total. The van der Waals surface area contributed by atoms with Crippen molar-refractivity contribution in [3.63, 3.8) is 0 Å². The fourth-order valence-corrected chi connectivity index (χ4v) is 4.29. The number of benzene rings is 1. The second kappa shape index (κ2) is 9.52. The highest BCUT2D eigenvalue weighted by Crippen LogP contribution is 2.13. The van der Waals surface area contributed by atoms with Crippen LogP contribution in [0, 0.1) is 0 Å². The Hall–Kier alpha value is -1.15. The van der Waals surface area contributed by atoms with Crippen LogP contribution in [-0.2, 0) is 10.0 Å². The van der Waals surface area contributed by atoms with Crippen molar-refractivity contribution in [2.45, 2.75) is 19.8 Å². The average Bonchev–Trinajstić information content (AvgIpc) is 2.62. The topological polar surface area (TPSA) is 69.7 Å². The Bertz CT molecular complexity index is 658. The number of sulfonamides is 1. The number of carbonyl (C=O) groups excluding carboxylic acids is 1. The first-order valence-corrected chi connectivity index (χ1v) is 10.7. The summed E-state index contributed by atoms with van der Waals surface area (Å²) in [5.74, 6) is -0.198. The maximum absolute atomic E-state index is 12.7. The predicted octanol–water partition coefficient (Wildman–Crippen LogP) is 1.82. The minimum Gasteiger partial charge on any atom is -0.338 e. The number of nitrogens with one attached hydrogen (secondary N) is 1. The molecule has 2 rings (SSSR count). The van der Waals surface area contributed by atoms with Crippen molar-refractivity contribution in [2.24, 2.45) is 0 Å². The fraction of sp³-hybridized carbons (Fsp3) is 0.588. The molecular formula is C17H26ClN3O3S. The molecule has 0 aliphatic carbocycles. The van der Waals surface area contributed by atoms with Crippen molar-refractivity contribution >= 4 is 27.5 Å². The molecule has 1 heterocycles. The van der Waals surface area contributed by atoms with Crippen molar-refractivity contribution in [3.05, 3.63) is 34.9 Å². The molecule has 0 unspecified atom stereocenters. The molecule has 1 aromatic rings. The van der Waals surface area contributed by atoms with Crippen molar-refractivity contribution in [3.8, 4) is 0 Å². The third-order valence-electron chi connectivity index (χ3n) is 4.25. The minimum absolute atomic E-state index is 0.0456. The Kier molecular flexibility index (Phi) is 7.68. The van der Waals surface area contributed by atoms with E-state index in [-0.39, 0.29) is 18.2 Å². The predicted molar refractivity (Wildman–Crippen MR) is 100 cm³/mol. The Balaban J connectivity index is 2.03. The lowest BCUT2D eigenvalue weighted by Gasteiger charge is -2.28. The zero-order valence-corrected chi connectivity index (χ0v) is 16.2. The van der Waals surface area contributed by atoms with Crippen LogP contribution >= 0.6 is 11.6 Å². The van der Waals surface area contributed by atoms with Gasteiger partial charge in [-0.05, 0) is 30.7 Å². The summed E-state index contributed by atoms with van der Waals surface area (Å²) in [6.07, 6.45) is 1.78. The van der Waals surface area contributed by atoms with Crippen LogP contribution in [-0.4, -0.2) is 68.6 Å². The molecule has 1 aromatic carbocycles. The van der Waals surface area contributed by atoms with E-state index in [1.807, 2.05) is 6.92 Å². The number of amides is 1. The maximum atomic E-state index is 12.7. The zero-order valence-electron chi connectivity index (χ0n) is 14.6. The molecule has 0 radical (unpaired) electrons. The second-order valence-electron chi connectivity index (χ2n) is 6.12. The van der Waals surface area contributed by atoms with Crippen LogP contribution < -0.4 is 5.32 Å². The molecule has 25 heavy (non-hydrogen) atoms. The third kappa shape index (κ3) is 5.95. The van der Waals surface area contributed by atoms with Gasteiger partial charge in [0.2, 0.25) is 10.0 Å². The van der Waals surface area contributed by atoms with E-state index >= 15 is 0 Å². The van der Waals surface area contributed by atoms with Gasteiger partial charge < -0.3 is 10.2 Å². The molecule has 6 nitrogen and oxygen atoms in total. The van der Waals surface area contributed by atoms with E-state index in [1.165, 1.54) is 4.31 Å². The molecule has 1 fully saturated rings. The van der Waals surface area contributed by atoms with Gasteiger partial charge in [0, 0.05) is 49.9 Å². The minimum atomic E-state index is -3.35. The van der Waals surface area contributed by atoms with Gasteiger partial charge in [0.05, 0.1) is 5.75 Å². The Morgan fingerprint density at radius 3 is 2.44 bits per heavy atom. The summed E-state index contributed by atoms with van der Waals surface area (Å²) in [6.45, 7) is 5.11. The van der Waals surface area contributed by atoms with Crippen LogP contribution in [0.25, 0.3) is 0 Å². The summed E-state index contributed by atoms with van der Waals surface area (Å²) in [7, 11) is -3.35. The summed E-state index contributed by atoms with van der Waals surface area (Å²) in [6, 6.07) is 6.69. The van der Waals surface area contributed by atoms with Gasteiger partial charge in [-0.2, -0.15) is 4.31 Å². The summed E-state index contributed by atoms with van der Waals surface area (Å²) in [5.41, 5.74) is 0.528. The van der Waals surface area contributed by atoms with Crippen LogP contribution in [0.3, 0.4) is 0 Å². The van der Waals surface area contributed by atoms with E-state index in [1.54, 1.807) is 29.2 Å². The first-order chi connectivity index (χ1) is 11.9. The number of hydrogen-bond donors (Lipinski definition) is 1. The molecule has 0 saturated carbocycles. The normalized spacial score (nSPS) is 15.9. The lowest BCUT2D eigenvalue weighted by atomic mass is 10.2. The monoisotopic (exact) mass is 387 g/mol. The number of hydrogen-bond acceptors (Lipinski definition) is 4. The zero-order chi connectivity index (χ0) is 18.3. The van der Waals surface area contributed by atoms with Crippen LogP contribution in [0.5, 0.6) is 0 Å². The first-order valence-electron chi connectivity index (χ1n) is 8.67. The van der Waals surface area contributed by atoms with Gasteiger partial charge in [-0.3, -0.25) is 4.79 Å². The highest BCUT2D eigenvalue weighted by Gasteiger charge is 2.25. The van der Waals surface area contributed by atoms with Gasteiger partial charge in [-0.25, -0.2) is 8.42 Å². The molecular weight excluding hydrogens is 362 g/mol. The van der Waals surface area contributed by atoms with E-state index in [0.29, 0.717) is 43.3 Å². The van der Waals surface area contributed by atoms with E-state index in [2.05, 4.69) is 5.32 Å². The molecule has 140 valence electrons. The number of unbranched alkanes of at least 4 members (excludes halogenated alkanes) is 1. The lowest BCUT2D eigenvalue weighted by Crippen LogP contribution is -2.48. The number of piperazine rings is 1. The molecule has 1 saturated heterocycles. The quantitative estimate of drug-likeness (QED) is 0.738. The molecule has 0 atom stereocenters. The van der Waals surface area contributed by atoms with Crippen LogP contribution in [0.1, 0.15) is 30.1 Å². The SMILES string of the molecule is CCCCN(CCS(=O)(=O)N1CCNCC1)C(=O)c1ccc(Cl)cc1. The summed E-state index contributed by atoms with van der Waals surface area (Å²) < 4.78 is 26.5. The Labute approximate surface area is 155 Å². The summed E-state index contributed by atoms with van der Waals surface area (Å²) in [5, 5.41) is 3.71. The van der Waals surface area contributed by atoms with E-state index < -0.39 is 10.0 Å². The highest BCUT2D eigenvalue weighted by atomic mass is 35.5. The van der Waals surface area contributed by atoms with Crippen LogP contribution in [0.4, 0.5) is 0 Å². The molecule has 0 spiro atoms. The number of halogens is 1. The average molecular weight is 388 g/mol. The molecule has 1 aliphatic rings. The van der Waals surface area contributed by atoms with Gasteiger partial charge in [-0.15, -0.1) is 0 Å². The van der Waals surface area contributed by atoms with E-state index in [0.717, 1.165) is 12.8 Å². The van der Waals surface area contributed by atoms with Gasteiger partial charge >= 0.3 is 0 Å². The van der Waals surface area contributed by atoms with Crippen molar-refractivity contribution in [1.29, 1.82) is 0 Å². The van der Waals surface area contributed by atoms with Crippen molar-refractivity contribution < 1.29 is 13.2 Å². The second-order valence-corrected chi connectivity index (χ2v) is 8.64. The maximum Gasteiger partial charge on any atom is 0.253 e. The number of carbonyl (C=O) groups is 1. The molecule has 0 bridgehead atoms. The van der Waals surface area contributed by atoms with Crippen LogP contribution in [0.2, 0.25) is 5.02 Å². The van der Waals surface area contributed by atoms with E-state index in [4.69, 9.17) is 11.6 Å². The van der Waals surface area contributed by atoms with Crippen LogP contribution in [0.15, 0.2) is 24.3 Å². The Morgan fingerprint density at radius 1 is 1.20 bits per heavy atom. The molecule has 0 aromatic heterocycles. The third-order valence-corrected chi connectivity index (χ3v) is 6.35. The van der Waals surface area contributed by atoms with Crippen molar-refractivity contribution in [1.82, 2.24) is 14.5 Å². The number of rotatable bonds is 8. The van der Waals surface area contributed by atoms with Gasteiger partial charge in [0.15, 0.2) is 0 Å². The smallest absolute Gasteiger partial charge is 0.253 e. The Morgan fingerprint density at radius 2 is 1.84 bits per heavy atom. The standard InChI is InChI=1S/C17H26ClN3O3S/c1-2-3-10-20(17(22)15-4-6-16(18)7-5-15)13-14-25(23,24)21-11-8-19-9-12-21/h4-7,19H,2-3,8-14H2,1H3. The lowest BCUT2D eigenvalue weighted by molar-refractivity contribution is 0.0763. The number of nitrogens with zero attached hydrogens (tertiary/aromatic N) is 2. The summed E-state index contributed by atoms with van der Waals surface area (Å²) in [4.78, 5) is 14.4. The molecule has 8 heteroatoms. The molecule has 1 aliphatic heterocycles. The highest BCUT2D eigenvalue weighted by molar-refractivity contribution is 7.89. The van der Waals surface area contributed by atoms with Gasteiger partial charge in [-0.1, -0.05) is 24.9 Å². The van der Waals surface area contributed by atoms with Gasteiger partial charge in [0.25, 0.3) is 5.91 Å². The fourth-order valence-electron chi connectivity index (χ4n) is 2.72. The van der Waals surface area contributed by atoms with Crippen molar-refractivity contribution in [2.75, 3.05) is 45.0 Å².